The molecule has 246 valence electrons. The maximum Gasteiger partial charge on any atom is 0.238 e. The number of nitrogens with zero attached hydrogens (tertiary/aromatic N) is 3. The number of rotatable bonds is 11. The lowest BCUT2D eigenvalue weighted by Crippen LogP contribution is -2.47. The summed E-state index contributed by atoms with van der Waals surface area (Å²) in [5, 5.41) is 14.9. The Morgan fingerprint density at radius 3 is 2.35 bits per heavy atom. The van der Waals surface area contributed by atoms with Gasteiger partial charge in [0.2, 0.25) is 24.1 Å². The first-order valence-corrected chi connectivity index (χ1v) is 15.2. The van der Waals surface area contributed by atoms with Crippen molar-refractivity contribution in [3.8, 4) is 0 Å². The van der Waals surface area contributed by atoms with E-state index in [1.807, 2.05) is 47.6 Å². The number of hydrogen-bond donors (Lipinski definition) is 5. The van der Waals surface area contributed by atoms with Crippen molar-refractivity contribution < 1.29 is 23.7 Å². The number of carbonyl (C=O) groups excluding carboxylic acids is 4. The maximum absolute atomic E-state index is 12.8. The number of piperazine rings is 1. The fourth-order valence-corrected chi connectivity index (χ4v) is 5.16. The first-order chi connectivity index (χ1) is 21.7. The summed E-state index contributed by atoms with van der Waals surface area (Å²) in [6, 6.07) is 6.73. The van der Waals surface area contributed by atoms with Crippen LogP contribution in [0.1, 0.15) is 62.4 Å². The van der Waals surface area contributed by atoms with Crippen molar-refractivity contribution in [2.75, 3.05) is 61.0 Å². The number of carbonyl (C=O) groups is 4. The van der Waals surface area contributed by atoms with Gasteiger partial charge in [-0.1, -0.05) is 32.0 Å². The molecule has 13 heteroatoms. The van der Waals surface area contributed by atoms with Crippen molar-refractivity contribution in [1.82, 2.24) is 19.9 Å². The molecular weight excluding hydrogens is 588 g/mol. The quantitative estimate of drug-likeness (QED) is 0.155. The molecule has 0 atom stereocenters. The number of benzene rings is 1. The topological polar surface area (TPSA) is 165 Å². The van der Waals surface area contributed by atoms with Crippen molar-refractivity contribution in [1.29, 1.82) is 0 Å². The third-order valence-electron chi connectivity index (χ3n) is 7.85. The summed E-state index contributed by atoms with van der Waals surface area (Å²) in [6.45, 7) is 15.6. The SMILES string of the molecule is C/C(=C\c1[nH]c(C)c(NC(=O)CN2CCN(C)CC2)c1C)c1ccc(NC(=O)CC(=O)Nc2cc(C(C)(C)C)on2)cc1NC=O. The van der Waals surface area contributed by atoms with Gasteiger partial charge in [0.1, 0.15) is 12.2 Å². The molecule has 0 radical (unpaired) electrons. The zero-order valence-electron chi connectivity index (χ0n) is 27.6. The minimum atomic E-state index is -0.542. The van der Waals surface area contributed by atoms with E-state index in [0.29, 0.717) is 30.1 Å². The van der Waals surface area contributed by atoms with E-state index in [9.17, 15) is 19.2 Å². The Balaban J connectivity index is 1.41. The lowest BCUT2D eigenvalue weighted by Gasteiger charge is -2.31. The molecule has 46 heavy (non-hydrogen) atoms. The first kappa shape index (κ1) is 34.1. The summed E-state index contributed by atoms with van der Waals surface area (Å²) >= 11 is 0. The molecule has 0 saturated carbocycles. The van der Waals surface area contributed by atoms with Crippen LogP contribution in [-0.2, 0) is 24.6 Å². The van der Waals surface area contributed by atoms with Gasteiger partial charge >= 0.3 is 0 Å². The summed E-state index contributed by atoms with van der Waals surface area (Å²) in [5.74, 6) is -0.285. The molecule has 5 N–H and O–H groups in total. The summed E-state index contributed by atoms with van der Waals surface area (Å²) < 4.78 is 5.26. The van der Waals surface area contributed by atoms with Crippen LogP contribution in [0.5, 0.6) is 0 Å². The number of aromatic nitrogens is 2. The normalized spacial score (nSPS) is 14.5. The van der Waals surface area contributed by atoms with Crippen molar-refractivity contribution in [3.05, 3.63) is 52.5 Å². The molecule has 4 amide bonds. The van der Waals surface area contributed by atoms with Crippen LogP contribution in [0.3, 0.4) is 0 Å². The van der Waals surface area contributed by atoms with Crippen molar-refractivity contribution >= 4 is 58.7 Å². The van der Waals surface area contributed by atoms with Gasteiger partial charge in [-0.2, -0.15) is 0 Å². The second-order valence-electron chi connectivity index (χ2n) is 12.7. The van der Waals surface area contributed by atoms with Gasteiger partial charge in [-0.15, -0.1) is 0 Å². The van der Waals surface area contributed by atoms with E-state index in [1.165, 1.54) is 0 Å². The summed E-state index contributed by atoms with van der Waals surface area (Å²) in [6.07, 6.45) is 2.07. The van der Waals surface area contributed by atoms with Gasteiger partial charge < -0.3 is 35.7 Å². The molecule has 0 spiro atoms. The van der Waals surface area contributed by atoms with Crippen molar-refractivity contribution in [3.63, 3.8) is 0 Å². The second-order valence-corrected chi connectivity index (χ2v) is 12.7. The molecular formula is C33H44N8O5. The lowest BCUT2D eigenvalue weighted by atomic mass is 9.93. The fraction of sp³-hybridized carbons (Fsp3) is 0.424. The molecule has 1 saturated heterocycles. The van der Waals surface area contributed by atoms with Crippen molar-refractivity contribution in [2.24, 2.45) is 0 Å². The molecule has 1 aliphatic rings. The molecule has 0 unspecified atom stereocenters. The van der Waals surface area contributed by atoms with Crippen LogP contribution in [-0.4, -0.2) is 83.8 Å². The molecule has 3 aromatic rings. The van der Waals surface area contributed by atoms with Gasteiger partial charge in [-0.25, -0.2) is 0 Å². The Bertz CT molecular complexity index is 1620. The Morgan fingerprint density at radius 1 is 1.00 bits per heavy atom. The van der Waals surface area contributed by atoms with Crippen LogP contribution < -0.4 is 21.3 Å². The van der Waals surface area contributed by atoms with Crippen LogP contribution in [0.2, 0.25) is 0 Å². The number of H-pyrrole nitrogens is 1. The summed E-state index contributed by atoms with van der Waals surface area (Å²) in [4.78, 5) is 57.1. The van der Waals surface area contributed by atoms with E-state index in [2.05, 4.69) is 48.3 Å². The van der Waals surface area contributed by atoms with Crippen LogP contribution in [0.25, 0.3) is 11.6 Å². The Kier molecular flexibility index (Phi) is 10.8. The zero-order valence-corrected chi connectivity index (χ0v) is 27.6. The average molecular weight is 633 g/mol. The van der Waals surface area contributed by atoms with Gasteiger partial charge in [0.25, 0.3) is 0 Å². The largest absolute Gasteiger partial charge is 0.359 e. The van der Waals surface area contributed by atoms with Gasteiger partial charge in [0.05, 0.1) is 17.9 Å². The molecule has 4 rings (SSSR count). The molecule has 13 nitrogen and oxygen atoms in total. The monoisotopic (exact) mass is 632 g/mol. The van der Waals surface area contributed by atoms with Gasteiger partial charge in [-0.3, -0.25) is 24.1 Å². The molecule has 3 heterocycles. The van der Waals surface area contributed by atoms with Gasteiger partial charge in [0.15, 0.2) is 5.82 Å². The van der Waals surface area contributed by atoms with E-state index in [0.717, 1.165) is 60.0 Å². The molecule has 1 fully saturated rings. The molecule has 1 aromatic carbocycles. The summed E-state index contributed by atoms with van der Waals surface area (Å²) in [7, 11) is 2.08. The molecule has 1 aliphatic heterocycles. The highest BCUT2D eigenvalue weighted by Crippen LogP contribution is 2.31. The highest BCUT2D eigenvalue weighted by Gasteiger charge is 2.22. The third-order valence-corrected chi connectivity index (χ3v) is 7.85. The number of nitrogens with one attached hydrogen (secondary N) is 5. The standard InChI is InChI=1S/C33H44N8O5/c1-20(14-25-21(2)32(22(3)35-25)38-31(45)18-41-12-10-40(7)11-13-41)24-9-8-23(15-26(24)34-19-42)36-29(43)17-30(44)37-28-16-27(46-39-28)33(4,5)6/h8-9,14-16,19,35H,10-13,17-18H2,1-7H3,(H,34,42)(H,36,43)(H,38,45)(H,37,39,44)/b20-14+. The number of anilines is 4. The van der Waals surface area contributed by atoms with E-state index in [4.69, 9.17) is 4.52 Å². The number of hydrogen-bond acceptors (Lipinski definition) is 8. The minimum absolute atomic E-state index is 0.0533. The maximum atomic E-state index is 12.8. The predicted molar refractivity (Wildman–Crippen MR) is 180 cm³/mol. The first-order valence-electron chi connectivity index (χ1n) is 15.2. The highest BCUT2D eigenvalue weighted by molar-refractivity contribution is 6.08. The van der Waals surface area contributed by atoms with Crippen molar-refractivity contribution in [2.45, 2.75) is 53.4 Å². The van der Waals surface area contributed by atoms with E-state index in [1.54, 1.807) is 24.3 Å². The number of amides is 4. The minimum Gasteiger partial charge on any atom is -0.359 e. The predicted octanol–water partition coefficient (Wildman–Crippen LogP) is 4.20. The smallest absolute Gasteiger partial charge is 0.238 e. The van der Waals surface area contributed by atoms with E-state index in [-0.39, 0.29) is 17.1 Å². The second kappa shape index (κ2) is 14.6. The van der Waals surface area contributed by atoms with E-state index >= 15 is 0 Å². The molecule has 0 aliphatic carbocycles. The Labute approximate surface area is 269 Å². The van der Waals surface area contributed by atoms with Crippen LogP contribution in [0.4, 0.5) is 22.9 Å². The van der Waals surface area contributed by atoms with Crippen LogP contribution in [0, 0.1) is 13.8 Å². The van der Waals surface area contributed by atoms with Gasteiger partial charge in [0, 0.05) is 60.3 Å². The van der Waals surface area contributed by atoms with E-state index < -0.39 is 18.2 Å². The number of aromatic amines is 1. The lowest BCUT2D eigenvalue weighted by molar-refractivity contribution is -0.124. The summed E-state index contributed by atoms with van der Waals surface area (Å²) in [5.41, 5.74) is 5.50. The zero-order chi connectivity index (χ0) is 33.6. The Hall–Kier alpha value is -4.75. The van der Waals surface area contributed by atoms with Gasteiger partial charge in [-0.05, 0) is 57.2 Å². The number of likely N-dealkylation sites (N-methyl/N-ethyl adjacent to an activating group) is 1. The number of aryl methyl sites for hydroxylation is 1. The average Bonchev–Trinajstić information content (AvgIpc) is 3.54. The fourth-order valence-electron chi connectivity index (χ4n) is 5.16. The third kappa shape index (κ3) is 8.92. The van der Waals surface area contributed by atoms with Crippen LogP contribution in [0.15, 0.2) is 28.8 Å². The molecule has 2 aromatic heterocycles. The molecule has 0 bridgehead atoms. The van der Waals surface area contributed by atoms with Crippen LogP contribution >= 0.6 is 0 Å². The highest BCUT2D eigenvalue weighted by atomic mass is 16.5. The Morgan fingerprint density at radius 2 is 1.70 bits per heavy atom. The number of allylic oxidation sites excluding steroid dienone is 1.